The molecule has 0 aliphatic carbocycles. The molecule has 8 heteroatoms. The van der Waals surface area contributed by atoms with Crippen molar-refractivity contribution in [2.45, 2.75) is 23.4 Å². The Kier molecular flexibility index (Phi) is 5.00. The molecule has 0 bridgehead atoms. The van der Waals surface area contributed by atoms with Crippen molar-refractivity contribution >= 4 is 22.2 Å². The Labute approximate surface area is 103 Å². The number of hydrogen-bond donors (Lipinski definition) is 1. The van der Waals surface area contributed by atoms with Gasteiger partial charge in [-0.25, -0.2) is 8.42 Å². The average molecular weight is 290 g/mol. The van der Waals surface area contributed by atoms with Gasteiger partial charge in [0.25, 0.3) is 9.84 Å². The predicted octanol–water partition coefficient (Wildman–Crippen LogP) is 2.42. The van der Waals surface area contributed by atoms with E-state index < -0.39 is 26.3 Å². The standard InChI is InChI=1S/C9H10F3NO2S.ClH/c1-6(13)7-3-2-4-8(5-7)16(14,15)9(10,11)12;/h2-6H,13H2,1H3;1H. The largest absolute Gasteiger partial charge is 0.501 e. The van der Waals surface area contributed by atoms with Gasteiger partial charge in [-0.3, -0.25) is 0 Å². The molecule has 17 heavy (non-hydrogen) atoms. The van der Waals surface area contributed by atoms with Crippen molar-refractivity contribution in [2.24, 2.45) is 5.73 Å². The van der Waals surface area contributed by atoms with Gasteiger partial charge in [-0.2, -0.15) is 13.2 Å². The molecule has 1 atom stereocenters. The fourth-order valence-corrected chi connectivity index (χ4v) is 1.91. The van der Waals surface area contributed by atoms with Crippen LogP contribution in [0.2, 0.25) is 0 Å². The molecule has 98 valence electrons. The Morgan fingerprint density at radius 1 is 1.29 bits per heavy atom. The Hall–Kier alpha value is -0.790. The second-order valence-electron chi connectivity index (χ2n) is 3.31. The summed E-state index contributed by atoms with van der Waals surface area (Å²) in [6, 6.07) is 4.02. The summed E-state index contributed by atoms with van der Waals surface area (Å²) in [5.41, 5.74) is 0.509. The van der Waals surface area contributed by atoms with Crippen molar-refractivity contribution in [3.63, 3.8) is 0 Å². The van der Waals surface area contributed by atoms with Crippen molar-refractivity contribution < 1.29 is 21.6 Å². The maximum Gasteiger partial charge on any atom is 0.501 e. The summed E-state index contributed by atoms with van der Waals surface area (Å²) in [5, 5.41) is 0. The molecule has 0 spiro atoms. The first-order valence-corrected chi connectivity index (χ1v) is 5.81. The van der Waals surface area contributed by atoms with Gasteiger partial charge in [0.05, 0.1) is 4.90 Å². The van der Waals surface area contributed by atoms with Crippen LogP contribution in [-0.2, 0) is 9.84 Å². The van der Waals surface area contributed by atoms with Gasteiger partial charge in [0.1, 0.15) is 0 Å². The second-order valence-corrected chi connectivity index (χ2v) is 5.25. The van der Waals surface area contributed by atoms with Gasteiger partial charge >= 0.3 is 5.51 Å². The first-order valence-electron chi connectivity index (χ1n) is 4.33. The van der Waals surface area contributed by atoms with E-state index in [9.17, 15) is 21.6 Å². The van der Waals surface area contributed by atoms with Crippen LogP contribution in [0.5, 0.6) is 0 Å². The molecule has 1 unspecified atom stereocenters. The molecular formula is C9H11ClF3NO2S. The molecule has 0 aliphatic rings. The van der Waals surface area contributed by atoms with E-state index in [0.717, 1.165) is 12.1 Å². The molecule has 0 aromatic heterocycles. The lowest BCUT2D eigenvalue weighted by Gasteiger charge is -2.10. The first-order chi connectivity index (χ1) is 7.16. The summed E-state index contributed by atoms with van der Waals surface area (Å²) in [4.78, 5) is -0.783. The Bertz CT molecular complexity index is 485. The van der Waals surface area contributed by atoms with Crippen molar-refractivity contribution in [1.29, 1.82) is 0 Å². The second kappa shape index (κ2) is 5.24. The van der Waals surface area contributed by atoms with Gasteiger partial charge in [0.15, 0.2) is 0 Å². The van der Waals surface area contributed by atoms with E-state index >= 15 is 0 Å². The van der Waals surface area contributed by atoms with Crippen LogP contribution in [-0.4, -0.2) is 13.9 Å². The third kappa shape index (κ3) is 3.34. The maximum absolute atomic E-state index is 12.2. The van der Waals surface area contributed by atoms with Crippen LogP contribution in [0.15, 0.2) is 29.2 Å². The monoisotopic (exact) mass is 289 g/mol. The molecule has 0 heterocycles. The average Bonchev–Trinajstić information content (AvgIpc) is 2.16. The zero-order valence-electron chi connectivity index (χ0n) is 8.73. The van der Waals surface area contributed by atoms with Crippen LogP contribution < -0.4 is 5.73 Å². The normalized spacial score (nSPS) is 13.9. The zero-order valence-corrected chi connectivity index (χ0v) is 10.4. The highest BCUT2D eigenvalue weighted by Gasteiger charge is 2.46. The summed E-state index contributed by atoms with van der Waals surface area (Å²) in [7, 11) is -5.29. The maximum atomic E-state index is 12.2. The smallest absolute Gasteiger partial charge is 0.324 e. The minimum absolute atomic E-state index is 0. The topological polar surface area (TPSA) is 60.2 Å². The Morgan fingerprint density at radius 2 is 1.82 bits per heavy atom. The summed E-state index contributed by atoms with van der Waals surface area (Å²) >= 11 is 0. The number of halogens is 4. The summed E-state index contributed by atoms with van der Waals surface area (Å²) < 4.78 is 58.8. The first kappa shape index (κ1) is 16.2. The summed E-state index contributed by atoms with van der Waals surface area (Å²) in [6.07, 6.45) is 0. The van der Waals surface area contributed by atoms with Crippen LogP contribution >= 0.6 is 12.4 Å². The summed E-state index contributed by atoms with van der Waals surface area (Å²) in [6.45, 7) is 1.55. The minimum Gasteiger partial charge on any atom is -0.324 e. The van der Waals surface area contributed by atoms with Crippen molar-refractivity contribution in [2.75, 3.05) is 0 Å². The van der Waals surface area contributed by atoms with Crippen molar-refractivity contribution in [1.82, 2.24) is 0 Å². The molecular weight excluding hydrogens is 279 g/mol. The van der Waals surface area contributed by atoms with Gasteiger partial charge in [0, 0.05) is 6.04 Å². The molecule has 0 saturated heterocycles. The molecule has 0 aliphatic heterocycles. The lowest BCUT2D eigenvalue weighted by molar-refractivity contribution is -0.0436. The number of alkyl halides is 3. The van der Waals surface area contributed by atoms with E-state index in [1.165, 1.54) is 12.1 Å². The molecule has 0 radical (unpaired) electrons. The fraction of sp³-hybridized carbons (Fsp3) is 0.333. The molecule has 2 N–H and O–H groups in total. The number of hydrogen-bond acceptors (Lipinski definition) is 3. The number of rotatable bonds is 2. The molecule has 1 aromatic carbocycles. The van der Waals surface area contributed by atoms with Gasteiger partial charge in [-0.15, -0.1) is 12.4 Å². The third-order valence-corrected chi connectivity index (χ3v) is 3.48. The van der Waals surface area contributed by atoms with Crippen LogP contribution in [0, 0.1) is 0 Å². The molecule has 1 aromatic rings. The molecule has 0 amide bonds. The van der Waals surface area contributed by atoms with Crippen molar-refractivity contribution in [3.8, 4) is 0 Å². The highest BCUT2D eigenvalue weighted by molar-refractivity contribution is 7.92. The van der Waals surface area contributed by atoms with E-state index in [2.05, 4.69) is 0 Å². The van der Waals surface area contributed by atoms with Gasteiger partial charge in [-0.05, 0) is 24.6 Å². The SMILES string of the molecule is CC(N)c1cccc(S(=O)(=O)C(F)(F)F)c1.Cl. The van der Waals surface area contributed by atoms with Crippen LogP contribution in [0.3, 0.4) is 0 Å². The van der Waals surface area contributed by atoms with E-state index in [1.807, 2.05) is 0 Å². The van der Waals surface area contributed by atoms with Crippen LogP contribution in [0.25, 0.3) is 0 Å². The summed E-state index contributed by atoms with van der Waals surface area (Å²) in [5.74, 6) is 0. The number of sulfone groups is 1. The fourth-order valence-electron chi connectivity index (χ4n) is 1.10. The highest BCUT2D eigenvalue weighted by atomic mass is 35.5. The number of benzene rings is 1. The lowest BCUT2D eigenvalue weighted by atomic mass is 10.1. The van der Waals surface area contributed by atoms with Gasteiger partial charge in [-0.1, -0.05) is 12.1 Å². The van der Waals surface area contributed by atoms with E-state index in [4.69, 9.17) is 5.73 Å². The van der Waals surface area contributed by atoms with Crippen LogP contribution in [0.1, 0.15) is 18.5 Å². The Balaban J connectivity index is 0.00000256. The van der Waals surface area contributed by atoms with Crippen molar-refractivity contribution in [3.05, 3.63) is 29.8 Å². The minimum atomic E-state index is -5.29. The lowest BCUT2D eigenvalue weighted by Crippen LogP contribution is -2.23. The van der Waals surface area contributed by atoms with Gasteiger partial charge in [0.2, 0.25) is 0 Å². The van der Waals surface area contributed by atoms with Gasteiger partial charge < -0.3 is 5.73 Å². The molecule has 0 fully saturated rings. The Morgan fingerprint density at radius 3 is 2.24 bits per heavy atom. The zero-order chi connectivity index (χ0) is 12.6. The molecule has 0 saturated carbocycles. The molecule has 1 rings (SSSR count). The number of nitrogens with two attached hydrogens (primary N) is 1. The van der Waals surface area contributed by atoms with E-state index in [1.54, 1.807) is 6.92 Å². The van der Waals surface area contributed by atoms with E-state index in [0.29, 0.717) is 5.56 Å². The predicted molar refractivity (Wildman–Crippen MR) is 59.5 cm³/mol. The quantitative estimate of drug-likeness (QED) is 0.909. The third-order valence-electron chi connectivity index (χ3n) is 2.00. The van der Waals surface area contributed by atoms with Crippen LogP contribution in [0.4, 0.5) is 13.2 Å². The molecule has 3 nitrogen and oxygen atoms in total. The highest BCUT2D eigenvalue weighted by Crippen LogP contribution is 2.30. The van der Waals surface area contributed by atoms with E-state index in [-0.39, 0.29) is 12.4 Å².